The summed E-state index contributed by atoms with van der Waals surface area (Å²) in [4.78, 5) is 12.4. The van der Waals surface area contributed by atoms with Gasteiger partial charge in [0, 0.05) is 18.5 Å². The summed E-state index contributed by atoms with van der Waals surface area (Å²) in [6, 6.07) is 9.24. The molecule has 2 aromatic carbocycles. The van der Waals surface area contributed by atoms with E-state index in [0.29, 0.717) is 36.8 Å². The van der Waals surface area contributed by atoms with E-state index in [2.05, 4.69) is 10.6 Å². The lowest BCUT2D eigenvalue weighted by Gasteiger charge is -2.28. The van der Waals surface area contributed by atoms with Gasteiger partial charge in [-0.3, -0.25) is 0 Å². The highest BCUT2D eigenvalue weighted by molar-refractivity contribution is 5.75. The first-order valence-corrected chi connectivity index (χ1v) is 8.88. The molecule has 2 aliphatic heterocycles. The fraction of sp³-hybridized carbons (Fsp3) is 0.350. The molecule has 27 heavy (non-hydrogen) atoms. The second-order valence-electron chi connectivity index (χ2n) is 6.59. The monoisotopic (exact) mass is 370 g/mol. The van der Waals surface area contributed by atoms with Gasteiger partial charge in [-0.15, -0.1) is 0 Å². The van der Waals surface area contributed by atoms with Crippen LogP contribution in [0, 0.1) is 6.92 Å². The van der Waals surface area contributed by atoms with Crippen molar-refractivity contribution >= 4 is 6.03 Å². The van der Waals surface area contributed by atoms with Gasteiger partial charge in [-0.2, -0.15) is 0 Å². The molecule has 4 rings (SSSR count). The van der Waals surface area contributed by atoms with Crippen LogP contribution in [0.2, 0.25) is 0 Å². The van der Waals surface area contributed by atoms with Crippen LogP contribution in [-0.2, 0) is 6.54 Å². The van der Waals surface area contributed by atoms with Crippen molar-refractivity contribution in [3.63, 3.8) is 0 Å². The van der Waals surface area contributed by atoms with Crippen LogP contribution < -0.4 is 29.6 Å². The summed E-state index contributed by atoms with van der Waals surface area (Å²) >= 11 is 0. The number of amides is 2. The number of fused-ring (bicyclic) bond motifs is 2. The number of ether oxygens (including phenoxy) is 4. The van der Waals surface area contributed by atoms with Gasteiger partial charge in [0.25, 0.3) is 0 Å². The molecule has 0 unspecified atom stereocenters. The molecule has 142 valence electrons. The van der Waals surface area contributed by atoms with Crippen LogP contribution in [0.15, 0.2) is 30.3 Å². The summed E-state index contributed by atoms with van der Waals surface area (Å²) < 4.78 is 21.8. The highest BCUT2D eigenvalue weighted by atomic mass is 16.7. The van der Waals surface area contributed by atoms with E-state index >= 15 is 0 Å². The molecule has 1 atom stereocenters. The molecule has 0 aromatic heterocycles. The van der Waals surface area contributed by atoms with E-state index in [4.69, 9.17) is 18.9 Å². The quantitative estimate of drug-likeness (QED) is 0.865. The Morgan fingerprint density at radius 3 is 2.89 bits per heavy atom. The van der Waals surface area contributed by atoms with Crippen LogP contribution >= 0.6 is 0 Å². The number of urea groups is 1. The molecule has 0 saturated carbocycles. The average molecular weight is 370 g/mol. The van der Waals surface area contributed by atoms with Crippen LogP contribution in [0.3, 0.4) is 0 Å². The summed E-state index contributed by atoms with van der Waals surface area (Å²) in [5.74, 6) is 2.83. The average Bonchev–Trinajstić information content (AvgIpc) is 3.14. The van der Waals surface area contributed by atoms with Gasteiger partial charge in [0.05, 0.1) is 19.8 Å². The molecular weight excluding hydrogens is 348 g/mol. The standard InChI is InChI=1S/C20H22N2O5/c1-12-7-14-15(5-6-25-19(14)18(8-12)24-2)22-20(23)21-10-13-3-4-16-17(9-13)27-11-26-16/h3-4,7-9,15H,5-6,10-11H2,1-2H3,(H2,21,22,23)/t15-/m1/s1. The van der Waals surface area contributed by atoms with E-state index in [0.717, 1.165) is 22.4 Å². The van der Waals surface area contributed by atoms with Gasteiger partial charge in [0.2, 0.25) is 6.79 Å². The minimum absolute atomic E-state index is 0.126. The second kappa shape index (κ2) is 7.26. The smallest absolute Gasteiger partial charge is 0.315 e. The predicted molar refractivity (Wildman–Crippen MR) is 98.5 cm³/mol. The Bertz CT molecular complexity index is 868. The highest BCUT2D eigenvalue weighted by Gasteiger charge is 2.26. The lowest BCUT2D eigenvalue weighted by atomic mass is 9.98. The van der Waals surface area contributed by atoms with E-state index in [1.54, 1.807) is 7.11 Å². The first-order chi connectivity index (χ1) is 13.1. The normalized spacial score (nSPS) is 16.9. The molecule has 7 heteroatoms. The van der Waals surface area contributed by atoms with Crippen molar-refractivity contribution in [1.82, 2.24) is 10.6 Å². The number of nitrogens with one attached hydrogen (secondary N) is 2. The van der Waals surface area contributed by atoms with Crippen molar-refractivity contribution in [2.24, 2.45) is 0 Å². The number of hydrogen-bond acceptors (Lipinski definition) is 5. The van der Waals surface area contributed by atoms with E-state index in [-0.39, 0.29) is 18.9 Å². The van der Waals surface area contributed by atoms with Crippen LogP contribution in [0.4, 0.5) is 4.79 Å². The van der Waals surface area contributed by atoms with E-state index < -0.39 is 0 Å². The van der Waals surface area contributed by atoms with Gasteiger partial charge in [0.15, 0.2) is 23.0 Å². The SMILES string of the molecule is COc1cc(C)cc2c1OCC[C@H]2NC(=O)NCc1ccc2c(c1)OCO2. The van der Waals surface area contributed by atoms with E-state index in [1.165, 1.54) is 0 Å². The molecule has 7 nitrogen and oxygen atoms in total. The van der Waals surface area contributed by atoms with Gasteiger partial charge in [0.1, 0.15) is 0 Å². The van der Waals surface area contributed by atoms with Gasteiger partial charge in [-0.05, 0) is 36.2 Å². The molecule has 2 N–H and O–H groups in total. The maximum atomic E-state index is 12.4. The summed E-state index contributed by atoms with van der Waals surface area (Å²) in [5.41, 5.74) is 2.94. The Morgan fingerprint density at radius 2 is 2.04 bits per heavy atom. The summed E-state index contributed by atoms with van der Waals surface area (Å²) in [7, 11) is 1.62. The molecule has 0 aliphatic carbocycles. The van der Waals surface area contributed by atoms with Gasteiger partial charge in [-0.25, -0.2) is 4.79 Å². The van der Waals surface area contributed by atoms with Crippen molar-refractivity contribution in [3.05, 3.63) is 47.0 Å². The van der Waals surface area contributed by atoms with E-state index in [9.17, 15) is 4.79 Å². The number of benzene rings is 2. The molecular formula is C20H22N2O5. The zero-order valence-electron chi connectivity index (χ0n) is 15.3. The number of aryl methyl sites for hydroxylation is 1. The Balaban J connectivity index is 1.41. The van der Waals surface area contributed by atoms with Gasteiger partial charge < -0.3 is 29.6 Å². The summed E-state index contributed by atoms with van der Waals surface area (Å²) in [5, 5.41) is 5.93. The molecule has 2 aliphatic rings. The first kappa shape index (κ1) is 17.3. The Labute approximate surface area is 157 Å². The summed E-state index contributed by atoms with van der Waals surface area (Å²) in [6.45, 7) is 3.15. The Morgan fingerprint density at radius 1 is 1.19 bits per heavy atom. The van der Waals surface area contributed by atoms with Crippen molar-refractivity contribution in [2.75, 3.05) is 20.5 Å². The molecule has 2 amide bonds. The third kappa shape index (κ3) is 3.58. The maximum Gasteiger partial charge on any atom is 0.315 e. The van der Waals surface area contributed by atoms with Crippen molar-refractivity contribution in [3.8, 4) is 23.0 Å². The molecule has 0 fully saturated rings. The molecule has 0 spiro atoms. The van der Waals surface area contributed by atoms with Crippen molar-refractivity contribution < 1.29 is 23.7 Å². The van der Waals surface area contributed by atoms with Gasteiger partial charge >= 0.3 is 6.03 Å². The molecule has 0 bridgehead atoms. The van der Waals surface area contributed by atoms with Crippen LogP contribution in [0.5, 0.6) is 23.0 Å². The lowest BCUT2D eigenvalue weighted by Crippen LogP contribution is -2.39. The van der Waals surface area contributed by atoms with Gasteiger partial charge in [-0.1, -0.05) is 12.1 Å². The molecule has 2 heterocycles. The fourth-order valence-corrected chi connectivity index (χ4v) is 3.36. The topological polar surface area (TPSA) is 78.1 Å². The van der Waals surface area contributed by atoms with Crippen LogP contribution in [-0.4, -0.2) is 26.5 Å². The van der Waals surface area contributed by atoms with Crippen LogP contribution in [0.1, 0.15) is 29.2 Å². The lowest BCUT2D eigenvalue weighted by molar-refractivity contribution is 0.174. The van der Waals surface area contributed by atoms with Crippen LogP contribution in [0.25, 0.3) is 0 Å². The van der Waals surface area contributed by atoms with E-state index in [1.807, 2.05) is 37.3 Å². The number of carbonyl (C=O) groups excluding carboxylic acids is 1. The summed E-state index contributed by atoms with van der Waals surface area (Å²) in [6.07, 6.45) is 0.705. The maximum absolute atomic E-state index is 12.4. The Kier molecular flexibility index (Phi) is 4.66. The fourth-order valence-electron chi connectivity index (χ4n) is 3.36. The second-order valence-corrected chi connectivity index (χ2v) is 6.59. The third-order valence-electron chi connectivity index (χ3n) is 4.67. The first-order valence-electron chi connectivity index (χ1n) is 8.88. The number of methoxy groups -OCH3 is 1. The molecule has 2 aromatic rings. The molecule has 0 saturated heterocycles. The minimum atomic E-state index is -0.231. The largest absolute Gasteiger partial charge is 0.493 e. The number of hydrogen-bond donors (Lipinski definition) is 2. The van der Waals surface area contributed by atoms with Crippen molar-refractivity contribution in [2.45, 2.75) is 25.9 Å². The van der Waals surface area contributed by atoms with Crippen molar-refractivity contribution in [1.29, 1.82) is 0 Å². The zero-order chi connectivity index (χ0) is 18.8. The third-order valence-corrected chi connectivity index (χ3v) is 4.67. The number of carbonyl (C=O) groups is 1. The molecule has 0 radical (unpaired) electrons. The Hall–Kier alpha value is -3.09. The number of rotatable bonds is 4. The minimum Gasteiger partial charge on any atom is -0.493 e. The highest BCUT2D eigenvalue weighted by Crippen LogP contribution is 2.40. The predicted octanol–water partition coefficient (Wildman–Crippen LogP) is 3.06. The zero-order valence-corrected chi connectivity index (χ0v) is 15.3.